The summed E-state index contributed by atoms with van der Waals surface area (Å²) < 4.78 is 66.2. The minimum absolute atomic E-state index is 0.0962. The van der Waals surface area contributed by atoms with Crippen LogP contribution in [0.4, 0.5) is 0 Å². The predicted octanol–water partition coefficient (Wildman–Crippen LogP) is 2.32. The second kappa shape index (κ2) is 12.0. The molecule has 0 aliphatic carbocycles. The Kier molecular flexibility index (Phi) is 9.69. The normalized spacial score (nSPS) is 11.8. The van der Waals surface area contributed by atoms with Crippen LogP contribution in [-0.4, -0.2) is 59.2 Å². The molecule has 0 radical (unpaired) electrons. The third-order valence-electron chi connectivity index (χ3n) is 4.37. The molecule has 0 aliphatic heterocycles. The Balaban J connectivity index is 2.26. The fraction of sp³-hybridized carbons (Fsp3) is 0.286. The van der Waals surface area contributed by atoms with Crippen LogP contribution >= 0.6 is 7.82 Å². The fourth-order valence-electron chi connectivity index (χ4n) is 2.83. The third-order valence-corrected chi connectivity index (χ3v) is 6.12. The minimum Gasteiger partial charge on any atom is -0.496 e. The van der Waals surface area contributed by atoms with Crippen LogP contribution in [0, 0.1) is 0 Å². The molecule has 0 fully saturated rings. The zero-order valence-corrected chi connectivity index (χ0v) is 21.0. The van der Waals surface area contributed by atoms with Crippen molar-refractivity contribution >= 4 is 29.7 Å². The predicted molar refractivity (Wildman–Crippen MR) is 124 cm³/mol. The molecule has 2 rings (SSSR count). The lowest BCUT2D eigenvalue weighted by molar-refractivity contribution is -0.137. The standard InChI is InChI=1S/C21H25O12PS/c1-28-15-10-18(30-3)16(19(11-15)31-4)7-8-35(26,27)13-14-5-6-17(29-2)20(9-14)33-21(22)12-32-34(23,24)25/h5-11H,12-13H2,1-4H3,(H2,23,24,25). The van der Waals surface area contributed by atoms with Gasteiger partial charge in [-0.15, -0.1) is 0 Å². The highest BCUT2D eigenvalue weighted by Crippen LogP contribution is 2.37. The molecule has 2 aromatic rings. The minimum atomic E-state index is -4.87. The highest BCUT2D eigenvalue weighted by molar-refractivity contribution is 7.93. The molecule has 14 heteroatoms. The van der Waals surface area contributed by atoms with Gasteiger partial charge in [-0.05, 0) is 23.8 Å². The zero-order chi connectivity index (χ0) is 26.2. The molecule has 0 spiro atoms. The molecule has 0 aromatic heterocycles. The Morgan fingerprint density at radius 3 is 2.03 bits per heavy atom. The Morgan fingerprint density at radius 1 is 0.914 bits per heavy atom. The van der Waals surface area contributed by atoms with Gasteiger partial charge in [-0.2, -0.15) is 0 Å². The summed E-state index contributed by atoms with van der Waals surface area (Å²) in [6.07, 6.45) is 1.33. The molecule has 0 bridgehead atoms. The number of rotatable bonds is 12. The first kappa shape index (κ1) is 28.1. The lowest BCUT2D eigenvalue weighted by Gasteiger charge is -2.13. The highest BCUT2D eigenvalue weighted by atomic mass is 32.2. The maximum Gasteiger partial charge on any atom is 0.470 e. The number of ether oxygens (including phenoxy) is 5. The lowest BCUT2D eigenvalue weighted by Crippen LogP contribution is -2.15. The number of phosphoric acid groups is 1. The van der Waals surface area contributed by atoms with Crippen LogP contribution in [0.5, 0.6) is 28.7 Å². The molecular weight excluding hydrogens is 507 g/mol. The molecular formula is C21H25O12PS. The summed E-state index contributed by atoms with van der Waals surface area (Å²) in [5, 5.41) is 0.990. The quantitative estimate of drug-likeness (QED) is 0.233. The van der Waals surface area contributed by atoms with E-state index in [1.165, 1.54) is 52.7 Å². The van der Waals surface area contributed by atoms with Crippen LogP contribution in [0.3, 0.4) is 0 Å². The van der Waals surface area contributed by atoms with E-state index in [0.29, 0.717) is 22.8 Å². The summed E-state index contributed by atoms with van der Waals surface area (Å²) in [5.41, 5.74) is 0.636. The zero-order valence-electron chi connectivity index (χ0n) is 19.3. The molecule has 2 N–H and O–H groups in total. The summed E-state index contributed by atoms with van der Waals surface area (Å²) >= 11 is 0. The number of benzene rings is 2. The van der Waals surface area contributed by atoms with Crippen molar-refractivity contribution in [2.45, 2.75) is 5.75 Å². The van der Waals surface area contributed by atoms with Crippen molar-refractivity contribution in [1.82, 2.24) is 0 Å². The Labute approximate surface area is 202 Å². The van der Waals surface area contributed by atoms with Gasteiger partial charge < -0.3 is 33.5 Å². The van der Waals surface area contributed by atoms with Crippen LogP contribution in [0.15, 0.2) is 35.7 Å². The number of carbonyl (C=O) groups excluding carboxylic acids is 1. The van der Waals surface area contributed by atoms with Crippen molar-refractivity contribution in [1.29, 1.82) is 0 Å². The molecule has 0 atom stereocenters. The van der Waals surface area contributed by atoms with Gasteiger partial charge >= 0.3 is 13.8 Å². The molecule has 0 aliphatic rings. The van der Waals surface area contributed by atoms with E-state index >= 15 is 0 Å². The molecule has 35 heavy (non-hydrogen) atoms. The van der Waals surface area contributed by atoms with Gasteiger partial charge in [0, 0.05) is 17.5 Å². The molecule has 2 aromatic carbocycles. The van der Waals surface area contributed by atoms with Gasteiger partial charge in [0.2, 0.25) is 0 Å². The highest BCUT2D eigenvalue weighted by Gasteiger charge is 2.20. The third kappa shape index (κ3) is 8.57. The van der Waals surface area contributed by atoms with Crippen molar-refractivity contribution in [3.8, 4) is 28.7 Å². The first-order valence-corrected chi connectivity index (χ1v) is 12.9. The Hall–Kier alpha value is -3.09. The first-order valence-electron chi connectivity index (χ1n) is 9.70. The average molecular weight is 532 g/mol. The number of sulfone groups is 1. The lowest BCUT2D eigenvalue weighted by atomic mass is 10.1. The Bertz CT molecular complexity index is 1210. The number of methoxy groups -OCH3 is 4. The van der Waals surface area contributed by atoms with Crippen molar-refractivity contribution in [2.24, 2.45) is 0 Å². The Morgan fingerprint density at radius 2 is 1.51 bits per heavy atom. The van der Waals surface area contributed by atoms with Gasteiger partial charge in [-0.3, -0.25) is 4.52 Å². The molecule has 0 unspecified atom stereocenters. The van der Waals surface area contributed by atoms with E-state index in [0.717, 1.165) is 5.41 Å². The van der Waals surface area contributed by atoms with Crippen LogP contribution in [0.25, 0.3) is 6.08 Å². The van der Waals surface area contributed by atoms with Gasteiger partial charge in [0.15, 0.2) is 27.9 Å². The van der Waals surface area contributed by atoms with E-state index in [1.54, 1.807) is 12.1 Å². The first-order chi connectivity index (χ1) is 16.4. The number of esters is 1. The summed E-state index contributed by atoms with van der Waals surface area (Å²) in [4.78, 5) is 29.2. The van der Waals surface area contributed by atoms with Gasteiger partial charge in [0.25, 0.3) is 0 Å². The summed E-state index contributed by atoms with van der Waals surface area (Å²) in [7, 11) is -3.08. The van der Waals surface area contributed by atoms with Gasteiger partial charge in [-0.1, -0.05) is 6.07 Å². The maximum atomic E-state index is 12.8. The van der Waals surface area contributed by atoms with E-state index in [9.17, 15) is 17.8 Å². The largest absolute Gasteiger partial charge is 0.496 e. The van der Waals surface area contributed by atoms with E-state index in [-0.39, 0.29) is 17.1 Å². The molecule has 0 saturated heterocycles. The second-order valence-electron chi connectivity index (χ2n) is 6.78. The van der Waals surface area contributed by atoms with Crippen molar-refractivity contribution in [3.63, 3.8) is 0 Å². The summed E-state index contributed by atoms with van der Waals surface area (Å²) in [5.74, 6) is -0.498. The SMILES string of the molecule is COc1cc(OC)c(C=CS(=O)(=O)Cc2ccc(OC)c(OC(=O)COP(=O)(O)O)c2)c(OC)c1. The topological polar surface area (TPSA) is 164 Å². The van der Waals surface area contributed by atoms with E-state index in [1.807, 2.05) is 0 Å². The van der Waals surface area contributed by atoms with E-state index in [4.69, 9.17) is 33.5 Å². The fourth-order valence-corrected chi connectivity index (χ4v) is 4.19. The maximum absolute atomic E-state index is 12.8. The molecule has 192 valence electrons. The molecule has 0 amide bonds. The van der Waals surface area contributed by atoms with Gasteiger partial charge in [0.1, 0.15) is 17.2 Å². The van der Waals surface area contributed by atoms with Crippen molar-refractivity contribution in [3.05, 3.63) is 46.9 Å². The molecule has 12 nitrogen and oxygen atoms in total. The van der Waals surface area contributed by atoms with Gasteiger partial charge in [-0.25, -0.2) is 17.8 Å². The van der Waals surface area contributed by atoms with Crippen molar-refractivity contribution < 1.29 is 55.8 Å². The van der Waals surface area contributed by atoms with Crippen molar-refractivity contribution in [2.75, 3.05) is 35.0 Å². The van der Waals surface area contributed by atoms with E-state index < -0.39 is 36.0 Å². The number of hydrogen-bond donors (Lipinski definition) is 2. The van der Waals surface area contributed by atoms with Crippen LogP contribution in [-0.2, 0) is 29.5 Å². The van der Waals surface area contributed by atoms with E-state index in [2.05, 4.69) is 4.52 Å². The summed E-state index contributed by atoms with van der Waals surface area (Å²) in [6, 6.07) is 7.26. The smallest absolute Gasteiger partial charge is 0.470 e. The summed E-state index contributed by atoms with van der Waals surface area (Å²) in [6.45, 7) is -1.02. The van der Waals surface area contributed by atoms with Crippen LogP contribution in [0.2, 0.25) is 0 Å². The molecule has 0 saturated carbocycles. The average Bonchev–Trinajstić information content (AvgIpc) is 2.80. The second-order valence-corrected chi connectivity index (χ2v) is 9.90. The monoisotopic (exact) mass is 532 g/mol. The number of hydrogen-bond acceptors (Lipinski definition) is 10. The molecule has 0 heterocycles. The number of carbonyl (C=O) groups is 1. The van der Waals surface area contributed by atoms with Gasteiger partial charge in [0.05, 0.1) is 39.8 Å². The van der Waals surface area contributed by atoms with Crippen LogP contribution < -0.4 is 23.7 Å². The van der Waals surface area contributed by atoms with Crippen LogP contribution in [0.1, 0.15) is 11.1 Å². The number of phosphoric ester groups is 1.